The van der Waals surface area contributed by atoms with Crippen molar-refractivity contribution in [1.82, 2.24) is 0 Å². The van der Waals surface area contributed by atoms with Crippen LogP contribution in [0, 0.1) is 5.92 Å². The third kappa shape index (κ3) is 8.72. The lowest BCUT2D eigenvalue weighted by molar-refractivity contribution is -0.144. The number of hydrogen-bond donors (Lipinski definition) is 0. The molecule has 5 nitrogen and oxygen atoms in total. The molecule has 0 aromatic carbocycles. The van der Waals surface area contributed by atoms with E-state index in [1.54, 1.807) is 0 Å². The molecule has 5 heteroatoms. The van der Waals surface area contributed by atoms with Crippen LogP contribution in [0.2, 0.25) is 0 Å². The average molecular weight is 326 g/mol. The van der Waals surface area contributed by atoms with Gasteiger partial charge in [0.05, 0.1) is 13.7 Å². The number of methoxy groups -OCH3 is 1. The van der Waals surface area contributed by atoms with Crippen LogP contribution < -0.4 is 0 Å². The maximum atomic E-state index is 11.8. The van der Waals surface area contributed by atoms with Gasteiger partial charge in [0.2, 0.25) is 0 Å². The van der Waals surface area contributed by atoms with Crippen LogP contribution >= 0.6 is 0 Å². The van der Waals surface area contributed by atoms with Crippen molar-refractivity contribution in [2.75, 3.05) is 13.7 Å². The van der Waals surface area contributed by atoms with Gasteiger partial charge in [0.25, 0.3) is 0 Å². The standard InChI is InChI=1S/C18H30O5/c1-22-17(20)12-10-8-6-4-2-3-5-7-9-11-16(19)15-13-14-23-18(15)21/h15H,2-14H2,1H3. The van der Waals surface area contributed by atoms with Crippen molar-refractivity contribution < 1.29 is 23.9 Å². The summed E-state index contributed by atoms with van der Waals surface area (Å²) < 4.78 is 9.42. The molecule has 132 valence electrons. The molecule has 0 aromatic heterocycles. The van der Waals surface area contributed by atoms with Gasteiger partial charge in [0.1, 0.15) is 11.7 Å². The Hall–Kier alpha value is -1.39. The van der Waals surface area contributed by atoms with Crippen molar-refractivity contribution in [3.05, 3.63) is 0 Å². The van der Waals surface area contributed by atoms with Crippen molar-refractivity contribution in [2.45, 2.75) is 77.0 Å². The molecule has 0 aliphatic carbocycles. The predicted octanol–water partition coefficient (Wildman–Crippen LogP) is 3.58. The van der Waals surface area contributed by atoms with Crippen molar-refractivity contribution in [2.24, 2.45) is 5.92 Å². The summed E-state index contributed by atoms with van der Waals surface area (Å²) in [5, 5.41) is 0. The van der Waals surface area contributed by atoms with E-state index < -0.39 is 5.92 Å². The number of carbonyl (C=O) groups excluding carboxylic acids is 3. The molecular weight excluding hydrogens is 296 g/mol. The van der Waals surface area contributed by atoms with Gasteiger partial charge in [-0.2, -0.15) is 0 Å². The maximum Gasteiger partial charge on any atom is 0.316 e. The summed E-state index contributed by atoms with van der Waals surface area (Å²) in [6.07, 6.45) is 11.4. The molecule has 1 saturated heterocycles. The molecule has 0 radical (unpaired) electrons. The molecule has 1 aliphatic rings. The van der Waals surface area contributed by atoms with E-state index in [2.05, 4.69) is 4.74 Å². The molecule has 1 rings (SSSR count). The molecule has 23 heavy (non-hydrogen) atoms. The van der Waals surface area contributed by atoms with Crippen LogP contribution in [0.4, 0.5) is 0 Å². The smallest absolute Gasteiger partial charge is 0.316 e. The van der Waals surface area contributed by atoms with Crippen LogP contribution in [0.15, 0.2) is 0 Å². The highest BCUT2D eigenvalue weighted by atomic mass is 16.5. The minimum Gasteiger partial charge on any atom is -0.469 e. The second-order valence-electron chi connectivity index (χ2n) is 6.23. The summed E-state index contributed by atoms with van der Waals surface area (Å²) in [5.41, 5.74) is 0. The number of carbonyl (C=O) groups is 3. The largest absolute Gasteiger partial charge is 0.469 e. The lowest BCUT2D eigenvalue weighted by atomic mass is 9.97. The second kappa shape index (κ2) is 12.1. The van der Waals surface area contributed by atoms with Crippen molar-refractivity contribution in [3.63, 3.8) is 0 Å². The molecule has 0 N–H and O–H groups in total. The van der Waals surface area contributed by atoms with Crippen molar-refractivity contribution in [1.29, 1.82) is 0 Å². The van der Waals surface area contributed by atoms with Crippen LogP contribution in [0.5, 0.6) is 0 Å². The first-order valence-electron chi connectivity index (χ1n) is 8.91. The third-order valence-electron chi connectivity index (χ3n) is 4.36. The fourth-order valence-corrected chi connectivity index (χ4v) is 2.87. The number of esters is 2. The topological polar surface area (TPSA) is 69.7 Å². The van der Waals surface area contributed by atoms with Crippen LogP contribution in [-0.2, 0) is 23.9 Å². The van der Waals surface area contributed by atoms with E-state index in [1.807, 2.05) is 0 Å². The lowest BCUT2D eigenvalue weighted by Gasteiger charge is -2.05. The van der Waals surface area contributed by atoms with Gasteiger partial charge in [-0.25, -0.2) is 0 Å². The SMILES string of the molecule is COC(=O)CCCCCCCCCCCC(=O)C1CCOC1=O. The Morgan fingerprint density at radius 1 is 0.957 bits per heavy atom. The number of rotatable bonds is 13. The molecule has 0 aromatic rings. The molecule has 1 fully saturated rings. The number of unbranched alkanes of at least 4 members (excludes halogenated alkanes) is 8. The summed E-state index contributed by atoms with van der Waals surface area (Å²) in [7, 11) is 1.43. The first kappa shape index (κ1) is 19.7. The molecule has 0 amide bonds. The highest BCUT2D eigenvalue weighted by Gasteiger charge is 2.32. The van der Waals surface area contributed by atoms with E-state index in [1.165, 1.54) is 32.8 Å². The summed E-state index contributed by atoms with van der Waals surface area (Å²) in [6.45, 7) is 0.398. The average Bonchev–Trinajstić information content (AvgIpc) is 2.98. The lowest BCUT2D eigenvalue weighted by Crippen LogP contribution is -2.18. The summed E-state index contributed by atoms with van der Waals surface area (Å²) in [5.74, 6) is -0.884. The van der Waals surface area contributed by atoms with Gasteiger partial charge in [-0.05, 0) is 12.8 Å². The monoisotopic (exact) mass is 326 g/mol. The molecule has 1 unspecified atom stereocenters. The van der Waals surface area contributed by atoms with E-state index in [0.29, 0.717) is 25.9 Å². The minimum absolute atomic E-state index is 0.0538. The first-order chi connectivity index (χ1) is 11.1. The number of ketones is 1. The zero-order chi connectivity index (χ0) is 16.9. The van der Waals surface area contributed by atoms with Gasteiger partial charge in [0, 0.05) is 19.3 Å². The van der Waals surface area contributed by atoms with Gasteiger partial charge in [-0.1, -0.05) is 44.9 Å². The molecule has 1 heterocycles. The van der Waals surface area contributed by atoms with Gasteiger partial charge < -0.3 is 9.47 Å². The number of hydrogen-bond acceptors (Lipinski definition) is 5. The quantitative estimate of drug-likeness (QED) is 0.294. The Kier molecular flexibility index (Phi) is 10.3. The summed E-state index contributed by atoms with van der Waals surface area (Å²) in [6, 6.07) is 0. The highest BCUT2D eigenvalue weighted by molar-refractivity contribution is 5.99. The Morgan fingerprint density at radius 3 is 1.96 bits per heavy atom. The molecule has 1 atom stereocenters. The number of Topliss-reactive ketones (excluding diaryl/α,β-unsaturated/α-hetero) is 1. The molecule has 0 spiro atoms. The normalized spacial score (nSPS) is 17.1. The Balaban J connectivity index is 1.84. The van der Waals surface area contributed by atoms with Crippen LogP contribution in [0.3, 0.4) is 0 Å². The van der Waals surface area contributed by atoms with E-state index in [0.717, 1.165) is 32.1 Å². The molecular formula is C18H30O5. The first-order valence-corrected chi connectivity index (χ1v) is 8.91. The number of ether oxygens (including phenoxy) is 2. The minimum atomic E-state index is -0.486. The van der Waals surface area contributed by atoms with Crippen molar-refractivity contribution >= 4 is 17.7 Å². The van der Waals surface area contributed by atoms with E-state index in [-0.39, 0.29) is 17.7 Å². The zero-order valence-corrected chi connectivity index (χ0v) is 14.3. The molecule has 0 bridgehead atoms. The van der Waals surface area contributed by atoms with Crippen LogP contribution in [0.1, 0.15) is 77.0 Å². The highest BCUT2D eigenvalue weighted by Crippen LogP contribution is 2.19. The van der Waals surface area contributed by atoms with Crippen LogP contribution in [0.25, 0.3) is 0 Å². The third-order valence-corrected chi connectivity index (χ3v) is 4.36. The zero-order valence-electron chi connectivity index (χ0n) is 14.3. The van der Waals surface area contributed by atoms with Gasteiger partial charge >= 0.3 is 11.9 Å². The van der Waals surface area contributed by atoms with Gasteiger partial charge in [-0.3, -0.25) is 14.4 Å². The van der Waals surface area contributed by atoms with E-state index in [9.17, 15) is 14.4 Å². The van der Waals surface area contributed by atoms with Crippen molar-refractivity contribution in [3.8, 4) is 0 Å². The maximum absolute atomic E-state index is 11.8. The van der Waals surface area contributed by atoms with E-state index >= 15 is 0 Å². The van der Waals surface area contributed by atoms with E-state index in [4.69, 9.17) is 4.74 Å². The summed E-state index contributed by atoms with van der Waals surface area (Å²) >= 11 is 0. The Bertz CT molecular complexity index is 378. The Morgan fingerprint density at radius 2 is 1.48 bits per heavy atom. The predicted molar refractivity (Wildman–Crippen MR) is 86.9 cm³/mol. The second-order valence-corrected chi connectivity index (χ2v) is 6.23. The fourth-order valence-electron chi connectivity index (χ4n) is 2.87. The Labute approximate surface area is 139 Å². The van der Waals surface area contributed by atoms with Gasteiger partial charge in [0.15, 0.2) is 0 Å². The van der Waals surface area contributed by atoms with Crippen LogP contribution in [-0.4, -0.2) is 31.4 Å². The number of cyclic esters (lactones) is 1. The van der Waals surface area contributed by atoms with Gasteiger partial charge in [-0.15, -0.1) is 0 Å². The summed E-state index contributed by atoms with van der Waals surface area (Å²) in [4.78, 5) is 34.0. The fraction of sp³-hybridized carbons (Fsp3) is 0.833. The molecule has 1 aliphatic heterocycles. The molecule has 0 saturated carbocycles.